The third-order valence-electron chi connectivity index (χ3n) is 9.00. The van der Waals surface area contributed by atoms with Crippen LogP contribution in [0.5, 0.6) is 0 Å². The van der Waals surface area contributed by atoms with Crippen LogP contribution < -0.4 is 27.0 Å². The van der Waals surface area contributed by atoms with Crippen LogP contribution >= 0.6 is 0 Å². The van der Waals surface area contributed by atoms with E-state index in [0.29, 0.717) is 38.9 Å². The number of nitrogens with two attached hydrogens (primary N) is 1. The van der Waals surface area contributed by atoms with Gasteiger partial charge in [0, 0.05) is 19.5 Å². The lowest BCUT2D eigenvalue weighted by Gasteiger charge is -2.35. The van der Waals surface area contributed by atoms with Gasteiger partial charge in [0.15, 0.2) is 0 Å². The first-order valence-electron chi connectivity index (χ1n) is 17.8. The predicted molar refractivity (Wildman–Crippen MR) is 185 cm³/mol. The molecule has 3 rings (SSSR count). The van der Waals surface area contributed by atoms with Crippen molar-refractivity contribution >= 4 is 29.7 Å². The molecule has 0 spiro atoms. The van der Waals surface area contributed by atoms with Crippen LogP contribution in [0.25, 0.3) is 0 Å². The maximum absolute atomic E-state index is 14.2. The second-order valence-electron chi connectivity index (χ2n) is 14.2. The van der Waals surface area contributed by atoms with E-state index >= 15 is 0 Å². The highest BCUT2D eigenvalue weighted by Gasteiger charge is 2.42. The van der Waals surface area contributed by atoms with Crippen LogP contribution in [0.4, 0.5) is 4.79 Å². The summed E-state index contributed by atoms with van der Waals surface area (Å²) in [6, 6.07) is 6.17. The number of nitrogens with zero attached hydrogens (tertiary/aromatic N) is 1. The molecule has 2 aliphatic rings. The fourth-order valence-corrected chi connectivity index (χ4v) is 6.44. The van der Waals surface area contributed by atoms with E-state index in [9.17, 15) is 24.0 Å². The number of carbonyl (C=O) groups excluding carboxylic acids is 5. The summed E-state index contributed by atoms with van der Waals surface area (Å²) < 4.78 is 5.29. The standard InChI is InChI=1S/C36H58N6O6/c1-25(39-35(47)48-36(2,3)4)31(43)41-30(27-18-11-8-12-19-27)34(46)42-23-15-20-29(42)33(45)40-28(24-26-16-9-7-10-17-26)32(44)38-22-14-6-5-13-21-37/h7,9-10,16-17,25,27-30H,5-6,8,11-15,18-24,37H2,1-4H3,(H,38,44)(H,39,47)(H,40,45)(H,41,43)/t25-,28-,29-,30-/m0/s1. The van der Waals surface area contributed by atoms with E-state index in [1.54, 1.807) is 32.6 Å². The summed E-state index contributed by atoms with van der Waals surface area (Å²) in [5, 5.41) is 11.4. The fraction of sp³-hybridized carbons (Fsp3) is 0.694. The van der Waals surface area contributed by atoms with Gasteiger partial charge in [-0.2, -0.15) is 0 Å². The van der Waals surface area contributed by atoms with E-state index in [0.717, 1.165) is 63.4 Å². The molecule has 1 aromatic carbocycles. The molecule has 6 N–H and O–H groups in total. The van der Waals surface area contributed by atoms with Crippen LogP contribution in [-0.4, -0.2) is 84.0 Å². The van der Waals surface area contributed by atoms with E-state index < -0.39 is 41.8 Å². The Kier molecular flexibility index (Phi) is 15.6. The lowest BCUT2D eigenvalue weighted by Crippen LogP contribution is -2.59. The maximum atomic E-state index is 14.2. The van der Waals surface area contributed by atoms with Gasteiger partial charge in [-0.1, -0.05) is 62.4 Å². The van der Waals surface area contributed by atoms with Gasteiger partial charge in [-0.15, -0.1) is 0 Å². The van der Waals surface area contributed by atoms with Crippen molar-refractivity contribution in [1.82, 2.24) is 26.2 Å². The number of hydrogen-bond donors (Lipinski definition) is 5. The lowest BCUT2D eigenvalue weighted by atomic mass is 9.83. The van der Waals surface area contributed by atoms with E-state index in [1.807, 2.05) is 30.3 Å². The Labute approximate surface area is 286 Å². The van der Waals surface area contributed by atoms with E-state index in [4.69, 9.17) is 10.5 Å². The molecule has 4 atom stereocenters. The predicted octanol–water partition coefficient (Wildman–Crippen LogP) is 3.32. The van der Waals surface area contributed by atoms with E-state index in [1.165, 1.54) is 0 Å². The molecule has 2 fully saturated rings. The first kappa shape index (κ1) is 38.8. The minimum atomic E-state index is -0.936. The number of likely N-dealkylation sites (tertiary alicyclic amines) is 1. The molecule has 1 aromatic rings. The van der Waals surface area contributed by atoms with Gasteiger partial charge in [-0.05, 0) is 84.2 Å². The number of carbonyl (C=O) groups is 5. The average molecular weight is 671 g/mol. The molecule has 0 radical (unpaired) electrons. The Hall–Kier alpha value is -3.67. The van der Waals surface area contributed by atoms with Crippen molar-refractivity contribution in [3.05, 3.63) is 35.9 Å². The molecule has 1 saturated carbocycles. The molecule has 268 valence electrons. The summed E-state index contributed by atoms with van der Waals surface area (Å²) in [6.07, 6.45) is 8.93. The minimum Gasteiger partial charge on any atom is -0.444 e. The van der Waals surface area contributed by atoms with Crippen molar-refractivity contribution in [1.29, 1.82) is 0 Å². The third-order valence-corrected chi connectivity index (χ3v) is 9.00. The molecule has 0 bridgehead atoms. The minimum absolute atomic E-state index is 0.0882. The van der Waals surface area contributed by atoms with Gasteiger partial charge in [0.1, 0.15) is 29.8 Å². The summed E-state index contributed by atoms with van der Waals surface area (Å²) in [5.41, 5.74) is 5.77. The molecule has 1 aliphatic heterocycles. The summed E-state index contributed by atoms with van der Waals surface area (Å²) in [7, 11) is 0. The molecular weight excluding hydrogens is 612 g/mol. The van der Waals surface area contributed by atoms with Crippen LogP contribution in [-0.2, 0) is 30.3 Å². The van der Waals surface area contributed by atoms with Crippen LogP contribution in [0.2, 0.25) is 0 Å². The second-order valence-corrected chi connectivity index (χ2v) is 14.2. The zero-order chi connectivity index (χ0) is 35.1. The molecule has 12 heteroatoms. The first-order chi connectivity index (χ1) is 22.9. The van der Waals surface area contributed by atoms with Crippen LogP contribution in [0.15, 0.2) is 30.3 Å². The Morgan fingerprint density at radius 3 is 2.23 bits per heavy atom. The highest BCUT2D eigenvalue weighted by atomic mass is 16.6. The molecule has 1 aliphatic carbocycles. The lowest BCUT2D eigenvalue weighted by molar-refractivity contribution is -0.143. The van der Waals surface area contributed by atoms with Crippen molar-refractivity contribution in [2.24, 2.45) is 11.7 Å². The molecule has 0 unspecified atom stereocenters. The van der Waals surface area contributed by atoms with Gasteiger partial charge in [0.2, 0.25) is 23.6 Å². The summed E-state index contributed by atoms with van der Waals surface area (Å²) in [4.78, 5) is 68.6. The Balaban J connectivity index is 1.71. The van der Waals surface area contributed by atoms with Gasteiger partial charge in [-0.25, -0.2) is 4.79 Å². The normalized spacial score (nSPS) is 18.7. The smallest absolute Gasteiger partial charge is 0.408 e. The third kappa shape index (κ3) is 12.7. The largest absolute Gasteiger partial charge is 0.444 e. The molecule has 0 aromatic heterocycles. The van der Waals surface area contributed by atoms with Crippen molar-refractivity contribution in [2.45, 2.75) is 135 Å². The first-order valence-corrected chi connectivity index (χ1v) is 17.8. The molecule has 1 saturated heterocycles. The number of nitrogens with one attached hydrogen (secondary N) is 4. The fourth-order valence-electron chi connectivity index (χ4n) is 6.44. The monoisotopic (exact) mass is 670 g/mol. The summed E-state index contributed by atoms with van der Waals surface area (Å²) in [6.45, 7) is 8.28. The molecule has 48 heavy (non-hydrogen) atoms. The Morgan fingerprint density at radius 2 is 1.56 bits per heavy atom. The van der Waals surface area contributed by atoms with Crippen molar-refractivity contribution < 1.29 is 28.7 Å². The van der Waals surface area contributed by atoms with Crippen LogP contribution in [0.1, 0.15) is 104 Å². The van der Waals surface area contributed by atoms with Gasteiger partial charge >= 0.3 is 6.09 Å². The van der Waals surface area contributed by atoms with Crippen LogP contribution in [0.3, 0.4) is 0 Å². The van der Waals surface area contributed by atoms with Crippen molar-refractivity contribution in [3.8, 4) is 0 Å². The number of benzene rings is 1. The number of ether oxygens (including phenoxy) is 1. The van der Waals surface area contributed by atoms with Crippen LogP contribution in [0, 0.1) is 5.92 Å². The number of hydrogen-bond acceptors (Lipinski definition) is 7. The van der Waals surface area contributed by atoms with Gasteiger partial charge in [0.25, 0.3) is 0 Å². The molecule has 1 heterocycles. The number of alkyl carbamates (subject to hydrolysis) is 1. The highest BCUT2D eigenvalue weighted by molar-refractivity contribution is 5.95. The van der Waals surface area contributed by atoms with E-state index in [2.05, 4.69) is 21.3 Å². The maximum Gasteiger partial charge on any atom is 0.408 e. The van der Waals surface area contributed by atoms with Crippen molar-refractivity contribution in [3.63, 3.8) is 0 Å². The zero-order valence-corrected chi connectivity index (χ0v) is 29.4. The SMILES string of the molecule is C[C@H](NC(=O)OC(C)(C)C)C(=O)N[C@H](C(=O)N1CCC[C@H]1C(=O)N[C@@H](Cc1ccccc1)C(=O)NCCCCCCN)C1CCCCC1. The molecular formula is C36H58N6O6. The van der Waals surface area contributed by atoms with Gasteiger partial charge in [-0.3, -0.25) is 19.2 Å². The van der Waals surface area contributed by atoms with E-state index in [-0.39, 0.29) is 23.6 Å². The number of unbranched alkanes of at least 4 members (excludes halogenated alkanes) is 3. The topological polar surface area (TPSA) is 172 Å². The number of amides is 5. The quantitative estimate of drug-likeness (QED) is 0.168. The zero-order valence-electron chi connectivity index (χ0n) is 29.4. The average Bonchev–Trinajstić information content (AvgIpc) is 3.55. The van der Waals surface area contributed by atoms with Gasteiger partial charge in [0.05, 0.1) is 0 Å². The number of rotatable bonds is 16. The molecule has 5 amide bonds. The summed E-state index contributed by atoms with van der Waals surface area (Å²) >= 11 is 0. The second kappa shape index (κ2) is 19.4. The highest BCUT2D eigenvalue weighted by Crippen LogP contribution is 2.29. The summed E-state index contributed by atoms with van der Waals surface area (Å²) in [5.74, 6) is -1.53. The van der Waals surface area contributed by atoms with Gasteiger partial charge < -0.3 is 36.6 Å². The Morgan fingerprint density at radius 1 is 0.875 bits per heavy atom. The Bertz CT molecular complexity index is 1200. The van der Waals surface area contributed by atoms with Crippen molar-refractivity contribution in [2.75, 3.05) is 19.6 Å². The molecule has 12 nitrogen and oxygen atoms in total.